The first-order valence-electron chi connectivity index (χ1n) is 7.92. The van der Waals surface area contributed by atoms with Gasteiger partial charge in [0.2, 0.25) is 5.89 Å². The van der Waals surface area contributed by atoms with Crippen molar-refractivity contribution in [2.75, 3.05) is 13.1 Å². The molecule has 1 aliphatic heterocycles. The summed E-state index contributed by atoms with van der Waals surface area (Å²) >= 11 is 0. The first-order valence-corrected chi connectivity index (χ1v) is 7.92. The Morgan fingerprint density at radius 3 is 2.96 bits per heavy atom. The molecule has 134 valence electrons. The van der Waals surface area contributed by atoms with Crippen LogP contribution in [-0.4, -0.2) is 56.0 Å². The van der Waals surface area contributed by atoms with E-state index in [1.165, 1.54) is 19.2 Å². The maximum atomic E-state index is 13.8. The number of hydrogen-bond acceptors (Lipinski definition) is 7. The monoisotopic (exact) mass is 350 g/mol. The molecule has 0 unspecified atom stereocenters. The van der Waals surface area contributed by atoms with Crippen LogP contribution in [0.2, 0.25) is 0 Å². The molecule has 9 nitrogen and oxygen atoms in total. The fraction of sp³-hybridized carbons (Fsp3) is 0.533. The first kappa shape index (κ1) is 17.2. The van der Waals surface area contributed by atoms with Crippen LogP contribution < -0.4 is 10.9 Å². The van der Waals surface area contributed by atoms with Gasteiger partial charge in [-0.1, -0.05) is 5.16 Å². The van der Waals surface area contributed by atoms with Crippen LogP contribution in [0, 0.1) is 6.92 Å². The van der Waals surface area contributed by atoms with Crippen molar-refractivity contribution in [3.05, 3.63) is 39.9 Å². The molecular formula is C15H19FN6O3. The average molecular weight is 350 g/mol. The number of alkyl halides is 1. The summed E-state index contributed by atoms with van der Waals surface area (Å²) in [6, 6.07) is 2.47. The fourth-order valence-corrected chi connectivity index (χ4v) is 2.84. The molecule has 0 aromatic carbocycles. The van der Waals surface area contributed by atoms with E-state index in [1.54, 1.807) is 6.92 Å². The summed E-state index contributed by atoms with van der Waals surface area (Å²) in [6.07, 6.45) is -0.650. The topological polar surface area (TPSA) is 106 Å². The average Bonchev–Trinajstić information content (AvgIpc) is 3.13. The van der Waals surface area contributed by atoms with Crippen molar-refractivity contribution in [3.63, 3.8) is 0 Å². The molecule has 2 atom stereocenters. The van der Waals surface area contributed by atoms with Gasteiger partial charge in [0.05, 0.1) is 6.54 Å². The number of likely N-dealkylation sites (tertiary alicyclic amines) is 1. The highest BCUT2D eigenvalue weighted by Crippen LogP contribution is 2.21. The molecule has 0 aliphatic carbocycles. The SMILES string of the molecule is Cc1nc(CN2C[C@@H](F)C[C@H]2CNC(=O)c2ccc(=O)n(C)n2)no1. The Morgan fingerprint density at radius 2 is 2.28 bits per heavy atom. The molecule has 1 saturated heterocycles. The van der Waals surface area contributed by atoms with E-state index in [4.69, 9.17) is 4.52 Å². The van der Waals surface area contributed by atoms with Gasteiger partial charge in [-0.2, -0.15) is 10.1 Å². The van der Waals surface area contributed by atoms with Crippen molar-refractivity contribution >= 4 is 5.91 Å². The first-order chi connectivity index (χ1) is 11.9. The smallest absolute Gasteiger partial charge is 0.271 e. The fourth-order valence-electron chi connectivity index (χ4n) is 2.84. The predicted octanol–water partition coefficient (Wildman–Crippen LogP) is -0.186. The summed E-state index contributed by atoms with van der Waals surface area (Å²) in [5, 5.41) is 10.5. The Bertz CT molecular complexity index is 820. The second kappa shape index (κ2) is 7.09. The molecule has 3 heterocycles. The molecule has 2 aromatic heterocycles. The van der Waals surface area contributed by atoms with Crippen LogP contribution in [0.4, 0.5) is 4.39 Å². The molecule has 1 N–H and O–H groups in total. The van der Waals surface area contributed by atoms with Crippen LogP contribution in [0.1, 0.15) is 28.6 Å². The van der Waals surface area contributed by atoms with E-state index in [0.717, 1.165) is 4.68 Å². The minimum Gasteiger partial charge on any atom is -0.349 e. The third kappa shape index (κ3) is 4.08. The number of hydrogen-bond donors (Lipinski definition) is 1. The highest BCUT2D eigenvalue weighted by Gasteiger charge is 2.33. The second-order valence-electron chi connectivity index (χ2n) is 6.04. The van der Waals surface area contributed by atoms with Crippen molar-refractivity contribution in [1.82, 2.24) is 30.1 Å². The largest absolute Gasteiger partial charge is 0.349 e. The van der Waals surface area contributed by atoms with Gasteiger partial charge in [-0.15, -0.1) is 0 Å². The molecule has 0 bridgehead atoms. The minimum absolute atomic E-state index is 0.136. The normalized spacial score (nSPS) is 20.8. The van der Waals surface area contributed by atoms with E-state index in [1.807, 2.05) is 4.90 Å². The number of aromatic nitrogens is 4. The van der Waals surface area contributed by atoms with Crippen LogP contribution >= 0.6 is 0 Å². The molecule has 0 radical (unpaired) electrons. The number of carbonyl (C=O) groups excluding carboxylic acids is 1. The number of nitrogens with zero attached hydrogens (tertiary/aromatic N) is 5. The predicted molar refractivity (Wildman–Crippen MR) is 84.6 cm³/mol. The zero-order valence-electron chi connectivity index (χ0n) is 14.0. The zero-order valence-corrected chi connectivity index (χ0v) is 14.0. The number of rotatable bonds is 5. The number of halogens is 1. The Morgan fingerprint density at radius 1 is 1.48 bits per heavy atom. The van der Waals surface area contributed by atoms with Gasteiger partial charge in [-0.3, -0.25) is 14.5 Å². The maximum absolute atomic E-state index is 13.8. The van der Waals surface area contributed by atoms with Crippen molar-refractivity contribution in [2.45, 2.75) is 32.1 Å². The van der Waals surface area contributed by atoms with Crippen LogP contribution in [0.25, 0.3) is 0 Å². The van der Waals surface area contributed by atoms with Gasteiger partial charge in [0.25, 0.3) is 11.5 Å². The number of carbonyl (C=O) groups is 1. The number of aryl methyl sites for hydroxylation is 2. The Hall–Kier alpha value is -2.62. The Labute approximate surface area is 142 Å². The summed E-state index contributed by atoms with van der Waals surface area (Å²) in [6.45, 7) is 2.57. The maximum Gasteiger partial charge on any atom is 0.271 e. The van der Waals surface area contributed by atoms with Crippen LogP contribution in [0.3, 0.4) is 0 Å². The van der Waals surface area contributed by atoms with E-state index < -0.39 is 12.1 Å². The molecule has 0 spiro atoms. The zero-order chi connectivity index (χ0) is 18.0. The van der Waals surface area contributed by atoms with Crippen molar-refractivity contribution in [1.29, 1.82) is 0 Å². The molecule has 25 heavy (non-hydrogen) atoms. The molecule has 3 rings (SSSR count). The summed E-state index contributed by atoms with van der Waals surface area (Å²) in [4.78, 5) is 29.5. The minimum atomic E-state index is -0.967. The van der Waals surface area contributed by atoms with Gasteiger partial charge >= 0.3 is 0 Å². The van der Waals surface area contributed by atoms with Crippen molar-refractivity contribution < 1.29 is 13.7 Å². The Kier molecular flexibility index (Phi) is 4.88. The van der Waals surface area contributed by atoms with E-state index in [-0.39, 0.29) is 30.4 Å². The number of amides is 1. The van der Waals surface area contributed by atoms with E-state index in [0.29, 0.717) is 24.7 Å². The van der Waals surface area contributed by atoms with Gasteiger partial charge in [0.1, 0.15) is 11.9 Å². The third-order valence-electron chi connectivity index (χ3n) is 4.08. The third-order valence-corrected chi connectivity index (χ3v) is 4.08. The van der Waals surface area contributed by atoms with Crippen LogP contribution in [-0.2, 0) is 13.6 Å². The quantitative estimate of drug-likeness (QED) is 0.797. The van der Waals surface area contributed by atoms with E-state index >= 15 is 0 Å². The molecule has 1 aliphatic rings. The standard InChI is InChI=1S/C15H19FN6O3/c1-9-18-13(20-25-9)8-22-7-10(16)5-11(22)6-17-15(24)12-3-4-14(23)21(2)19-12/h3-4,10-11H,5-8H2,1-2H3,(H,17,24)/t10-,11-/m0/s1. The van der Waals surface area contributed by atoms with E-state index in [2.05, 4.69) is 20.6 Å². The highest BCUT2D eigenvalue weighted by molar-refractivity contribution is 5.92. The van der Waals surface area contributed by atoms with Crippen LogP contribution in [0.15, 0.2) is 21.5 Å². The van der Waals surface area contributed by atoms with Gasteiger partial charge in [-0.25, -0.2) is 9.07 Å². The van der Waals surface area contributed by atoms with E-state index in [9.17, 15) is 14.0 Å². The lowest BCUT2D eigenvalue weighted by atomic mass is 10.2. The molecule has 0 saturated carbocycles. The van der Waals surface area contributed by atoms with Gasteiger partial charge < -0.3 is 9.84 Å². The molecule has 1 amide bonds. The van der Waals surface area contributed by atoms with Crippen molar-refractivity contribution in [3.8, 4) is 0 Å². The summed E-state index contributed by atoms with van der Waals surface area (Å²) < 4.78 is 19.8. The van der Waals surface area contributed by atoms with Gasteiger partial charge in [0, 0.05) is 39.2 Å². The summed E-state index contributed by atoms with van der Waals surface area (Å²) in [5.74, 6) is 0.535. The number of nitrogens with one attached hydrogen (secondary N) is 1. The summed E-state index contributed by atoms with van der Waals surface area (Å²) in [5.41, 5.74) is -0.161. The second-order valence-corrected chi connectivity index (χ2v) is 6.04. The van der Waals surface area contributed by atoms with Gasteiger partial charge in [0.15, 0.2) is 5.82 Å². The molecule has 10 heteroatoms. The lowest BCUT2D eigenvalue weighted by Gasteiger charge is -2.22. The van der Waals surface area contributed by atoms with Crippen LogP contribution in [0.5, 0.6) is 0 Å². The molecule has 2 aromatic rings. The lowest BCUT2D eigenvalue weighted by Crippen LogP contribution is -2.40. The highest BCUT2D eigenvalue weighted by atomic mass is 19.1. The van der Waals surface area contributed by atoms with Gasteiger partial charge in [-0.05, 0) is 12.5 Å². The molecule has 1 fully saturated rings. The lowest BCUT2D eigenvalue weighted by molar-refractivity contribution is 0.0932. The Balaban J connectivity index is 1.61. The molecular weight excluding hydrogens is 331 g/mol. The van der Waals surface area contributed by atoms with Crippen molar-refractivity contribution in [2.24, 2.45) is 7.05 Å². The summed E-state index contributed by atoms with van der Waals surface area (Å²) in [7, 11) is 1.47.